The lowest BCUT2D eigenvalue weighted by Gasteiger charge is -2.03. The van der Waals surface area contributed by atoms with E-state index < -0.39 is 17.4 Å². The Morgan fingerprint density at radius 2 is 2.29 bits per heavy atom. The third-order valence-electron chi connectivity index (χ3n) is 1.27. The first-order chi connectivity index (χ1) is 6.63. The third kappa shape index (κ3) is 3.17. The van der Waals surface area contributed by atoms with Crippen molar-refractivity contribution in [3.05, 3.63) is 20.8 Å². The van der Waals surface area contributed by atoms with Gasteiger partial charge in [0.2, 0.25) is 0 Å². The van der Waals surface area contributed by atoms with Gasteiger partial charge in [0.05, 0.1) is 6.10 Å². The Labute approximate surface area is 87.7 Å². The predicted molar refractivity (Wildman–Crippen MR) is 52.9 cm³/mol. The molecule has 0 unspecified atom stereocenters. The predicted octanol–water partition coefficient (Wildman–Crippen LogP) is -0.850. The molecule has 0 aliphatic carbocycles. The lowest BCUT2D eigenvalue weighted by molar-refractivity contribution is 0.223. The molecule has 0 amide bonds. The van der Waals surface area contributed by atoms with Crippen LogP contribution in [0.15, 0.2) is 14.6 Å². The lowest BCUT2D eigenvalue weighted by atomic mass is 10.5. The minimum Gasteiger partial charge on any atom is -0.391 e. The van der Waals surface area contributed by atoms with Crippen LogP contribution in [0.2, 0.25) is 0 Å². The minimum absolute atomic E-state index is 0.0915. The lowest BCUT2D eigenvalue weighted by Crippen LogP contribution is -2.25. The molecule has 0 aliphatic heterocycles. The van der Waals surface area contributed by atoms with E-state index in [-0.39, 0.29) is 16.7 Å². The number of nitrogens with zero attached hydrogens (tertiary/aromatic N) is 1. The molecule has 1 rings (SSSR count). The fourth-order valence-corrected chi connectivity index (χ4v) is 1.65. The zero-order valence-corrected chi connectivity index (χ0v) is 8.56. The molecule has 14 heavy (non-hydrogen) atoms. The third-order valence-corrected chi connectivity index (χ3v) is 2.73. The van der Waals surface area contributed by atoms with Gasteiger partial charge < -0.3 is 5.11 Å². The number of rotatable bonds is 4. The molecule has 1 heterocycles. The van der Waals surface area contributed by atoms with Gasteiger partial charge in [-0.15, -0.1) is 11.6 Å². The largest absolute Gasteiger partial charge is 0.391 e. The Balaban J connectivity index is 2.68. The first-order valence-corrected chi connectivity index (χ1v) is 5.21. The average molecular weight is 238 g/mol. The number of aromatic amines is 2. The van der Waals surface area contributed by atoms with Crippen LogP contribution in [-0.4, -0.2) is 38.0 Å². The Morgan fingerprint density at radius 1 is 1.57 bits per heavy atom. The van der Waals surface area contributed by atoms with Gasteiger partial charge in [0.25, 0.3) is 5.56 Å². The van der Waals surface area contributed by atoms with Crippen molar-refractivity contribution in [3.8, 4) is 0 Å². The number of alkyl halides is 1. The average Bonchev–Trinajstić information content (AvgIpc) is 2.16. The van der Waals surface area contributed by atoms with E-state index in [1.54, 1.807) is 0 Å². The van der Waals surface area contributed by atoms with E-state index in [4.69, 9.17) is 16.7 Å². The van der Waals surface area contributed by atoms with Gasteiger partial charge in [-0.2, -0.15) is 5.10 Å². The normalized spacial score (nSPS) is 12.7. The molecule has 0 radical (unpaired) electrons. The van der Waals surface area contributed by atoms with Crippen LogP contribution in [0.1, 0.15) is 0 Å². The summed E-state index contributed by atoms with van der Waals surface area (Å²) in [5, 5.41) is 14.8. The molecule has 0 aromatic carbocycles. The summed E-state index contributed by atoms with van der Waals surface area (Å²) >= 11 is 6.38. The summed E-state index contributed by atoms with van der Waals surface area (Å²) in [6.07, 6.45) is -0.699. The van der Waals surface area contributed by atoms with E-state index in [9.17, 15) is 9.59 Å². The molecule has 0 spiro atoms. The highest BCUT2D eigenvalue weighted by atomic mass is 35.5. The number of halogens is 1. The van der Waals surface area contributed by atoms with E-state index in [1.165, 1.54) is 0 Å². The minimum atomic E-state index is -0.699. The van der Waals surface area contributed by atoms with Crippen LogP contribution in [0.3, 0.4) is 0 Å². The van der Waals surface area contributed by atoms with Crippen molar-refractivity contribution in [3.63, 3.8) is 0 Å². The Hall–Kier alpha value is -0.790. The molecule has 0 saturated heterocycles. The molecule has 3 N–H and O–H groups in total. The summed E-state index contributed by atoms with van der Waals surface area (Å²) in [6.45, 7) is 0. The second-order valence-electron chi connectivity index (χ2n) is 2.43. The molecular formula is C6H8ClN3O3S. The second kappa shape index (κ2) is 5.18. The number of aromatic nitrogens is 3. The maximum Gasteiger partial charge on any atom is 0.342 e. The van der Waals surface area contributed by atoms with Crippen molar-refractivity contribution in [1.29, 1.82) is 0 Å². The fraction of sp³-hybridized carbons (Fsp3) is 0.500. The van der Waals surface area contributed by atoms with E-state index in [0.29, 0.717) is 0 Å². The van der Waals surface area contributed by atoms with Crippen molar-refractivity contribution in [2.24, 2.45) is 0 Å². The summed E-state index contributed by atoms with van der Waals surface area (Å²) in [5.74, 6) is 0.347. The van der Waals surface area contributed by atoms with Crippen LogP contribution >= 0.6 is 23.4 Å². The highest BCUT2D eigenvalue weighted by Gasteiger charge is 2.07. The number of hydrogen-bond donors (Lipinski definition) is 3. The SMILES string of the molecule is O=c1[nH]nc(SC[C@@H](O)CCl)c(=O)[nH]1. The van der Waals surface area contributed by atoms with Crippen LogP contribution in [-0.2, 0) is 0 Å². The summed E-state index contributed by atoms with van der Waals surface area (Å²) in [7, 11) is 0. The topological polar surface area (TPSA) is 98.8 Å². The van der Waals surface area contributed by atoms with Gasteiger partial charge in [-0.1, -0.05) is 11.8 Å². The van der Waals surface area contributed by atoms with Gasteiger partial charge in [0.15, 0.2) is 5.03 Å². The van der Waals surface area contributed by atoms with Gasteiger partial charge in [0.1, 0.15) is 0 Å². The first kappa shape index (κ1) is 11.3. The standard InChI is InChI=1S/C6H8ClN3O3S/c7-1-3(11)2-14-5-4(12)8-6(13)10-9-5/h3,11H,1-2H2,(H2,8,10,12,13)/t3-/m0/s1. The van der Waals surface area contributed by atoms with Crippen molar-refractivity contribution in [1.82, 2.24) is 15.2 Å². The van der Waals surface area contributed by atoms with Gasteiger partial charge in [0, 0.05) is 11.6 Å². The fourth-order valence-electron chi connectivity index (χ4n) is 0.654. The number of H-pyrrole nitrogens is 2. The molecule has 0 aliphatic rings. The number of hydrogen-bond acceptors (Lipinski definition) is 5. The van der Waals surface area contributed by atoms with Crippen molar-refractivity contribution in [2.75, 3.05) is 11.6 Å². The van der Waals surface area contributed by atoms with Crippen LogP contribution in [0.4, 0.5) is 0 Å². The molecule has 1 atom stereocenters. The second-order valence-corrected chi connectivity index (χ2v) is 3.75. The number of thioether (sulfide) groups is 1. The van der Waals surface area contributed by atoms with Crippen LogP contribution in [0.5, 0.6) is 0 Å². The summed E-state index contributed by atoms with van der Waals surface area (Å²) in [6, 6.07) is 0. The van der Waals surface area contributed by atoms with Crippen molar-refractivity contribution in [2.45, 2.75) is 11.1 Å². The van der Waals surface area contributed by atoms with Gasteiger partial charge in [-0.3, -0.25) is 9.78 Å². The molecule has 6 nitrogen and oxygen atoms in total. The molecule has 0 bridgehead atoms. The number of aliphatic hydroxyl groups is 1. The quantitative estimate of drug-likeness (QED) is 0.468. The highest BCUT2D eigenvalue weighted by molar-refractivity contribution is 7.99. The van der Waals surface area contributed by atoms with Gasteiger partial charge in [-0.05, 0) is 0 Å². The molecule has 0 fully saturated rings. The zero-order chi connectivity index (χ0) is 10.6. The van der Waals surface area contributed by atoms with Gasteiger partial charge in [-0.25, -0.2) is 9.89 Å². The Bertz CT molecular complexity index is 404. The summed E-state index contributed by atoms with van der Waals surface area (Å²) < 4.78 is 0. The molecular weight excluding hydrogens is 230 g/mol. The van der Waals surface area contributed by atoms with Crippen LogP contribution in [0.25, 0.3) is 0 Å². The van der Waals surface area contributed by atoms with Crippen LogP contribution in [0, 0.1) is 0 Å². The smallest absolute Gasteiger partial charge is 0.342 e. The zero-order valence-electron chi connectivity index (χ0n) is 6.99. The number of aliphatic hydroxyl groups excluding tert-OH is 1. The molecule has 1 aromatic rings. The summed E-state index contributed by atoms with van der Waals surface area (Å²) in [4.78, 5) is 23.7. The Kier molecular flexibility index (Phi) is 4.18. The highest BCUT2D eigenvalue weighted by Crippen LogP contribution is 2.10. The van der Waals surface area contributed by atoms with E-state index >= 15 is 0 Å². The monoisotopic (exact) mass is 237 g/mol. The van der Waals surface area contributed by atoms with E-state index in [0.717, 1.165) is 11.8 Å². The molecule has 1 aromatic heterocycles. The van der Waals surface area contributed by atoms with Crippen molar-refractivity contribution < 1.29 is 5.11 Å². The molecule has 0 saturated carbocycles. The maximum atomic E-state index is 11.1. The van der Waals surface area contributed by atoms with Gasteiger partial charge >= 0.3 is 5.69 Å². The first-order valence-electron chi connectivity index (χ1n) is 3.69. The van der Waals surface area contributed by atoms with Crippen LogP contribution < -0.4 is 11.2 Å². The molecule has 78 valence electrons. The maximum absolute atomic E-state index is 11.1. The molecule has 8 heteroatoms. The Morgan fingerprint density at radius 3 is 2.86 bits per heavy atom. The summed E-state index contributed by atoms with van der Waals surface area (Å²) in [5.41, 5.74) is -1.22. The van der Waals surface area contributed by atoms with E-state index in [2.05, 4.69) is 10.2 Å². The van der Waals surface area contributed by atoms with E-state index in [1.807, 2.05) is 4.98 Å². The van der Waals surface area contributed by atoms with Crippen molar-refractivity contribution >= 4 is 23.4 Å². The number of nitrogens with one attached hydrogen (secondary N) is 2.